The molecule has 0 saturated carbocycles. The van der Waals surface area contributed by atoms with Crippen molar-refractivity contribution in [2.24, 2.45) is 5.41 Å². The Morgan fingerprint density at radius 2 is 1.74 bits per heavy atom. The number of nitrogens with one attached hydrogen (secondary N) is 2. The Kier molecular flexibility index (Phi) is 6.75. The fraction of sp³-hybridized carbons (Fsp3) is 0.471. The molecule has 6 heteroatoms. The number of carboxylic acids is 1. The molecule has 0 saturated heterocycles. The molecule has 1 unspecified atom stereocenters. The van der Waals surface area contributed by atoms with Gasteiger partial charge >= 0.3 is 5.97 Å². The van der Waals surface area contributed by atoms with E-state index in [1.807, 2.05) is 30.3 Å². The summed E-state index contributed by atoms with van der Waals surface area (Å²) in [5, 5.41) is 14.4. The number of carbonyl (C=O) groups is 3. The van der Waals surface area contributed by atoms with Crippen LogP contribution in [0.3, 0.4) is 0 Å². The summed E-state index contributed by atoms with van der Waals surface area (Å²) in [4.78, 5) is 34.8. The molecule has 0 aliphatic carbocycles. The van der Waals surface area contributed by atoms with E-state index in [-0.39, 0.29) is 25.3 Å². The maximum absolute atomic E-state index is 11.9. The van der Waals surface area contributed by atoms with Gasteiger partial charge in [-0.05, 0) is 5.56 Å². The van der Waals surface area contributed by atoms with Gasteiger partial charge in [-0.1, -0.05) is 51.1 Å². The predicted octanol–water partition coefficient (Wildman–Crippen LogP) is 1.35. The van der Waals surface area contributed by atoms with Crippen molar-refractivity contribution in [2.45, 2.75) is 39.7 Å². The van der Waals surface area contributed by atoms with Crippen molar-refractivity contribution in [2.75, 3.05) is 6.54 Å². The Morgan fingerprint density at radius 1 is 1.13 bits per heavy atom. The molecule has 0 heterocycles. The highest BCUT2D eigenvalue weighted by Gasteiger charge is 2.22. The monoisotopic (exact) mass is 320 g/mol. The highest BCUT2D eigenvalue weighted by molar-refractivity contribution is 5.85. The van der Waals surface area contributed by atoms with Gasteiger partial charge in [-0.15, -0.1) is 0 Å². The number of aliphatic carboxylic acids is 1. The number of hydrogen-bond donors (Lipinski definition) is 3. The van der Waals surface area contributed by atoms with Crippen molar-refractivity contribution in [3.8, 4) is 0 Å². The molecule has 0 spiro atoms. The zero-order valence-electron chi connectivity index (χ0n) is 13.8. The van der Waals surface area contributed by atoms with Crippen molar-refractivity contribution in [1.82, 2.24) is 10.6 Å². The molecule has 6 nitrogen and oxygen atoms in total. The van der Waals surface area contributed by atoms with Crippen LogP contribution in [-0.2, 0) is 20.8 Å². The molecular weight excluding hydrogens is 296 g/mol. The van der Waals surface area contributed by atoms with Crippen LogP contribution in [0.25, 0.3) is 0 Å². The van der Waals surface area contributed by atoms with Gasteiger partial charge in [0, 0.05) is 24.8 Å². The number of benzene rings is 1. The number of hydrogen-bond acceptors (Lipinski definition) is 3. The third-order valence-electron chi connectivity index (χ3n) is 3.23. The molecule has 0 aliphatic rings. The lowest BCUT2D eigenvalue weighted by atomic mass is 9.96. The van der Waals surface area contributed by atoms with E-state index in [1.165, 1.54) is 0 Å². The van der Waals surface area contributed by atoms with Crippen molar-refractivity contribution >= 4 is 17.8 Å². The van der Waals surface area contributed by atoms with Crippen molar-refractivity contribution in [1.29, 1.82) is 0 Å². The van der Waals surface area contributed by atoms with E-state index in [0.29, 0.717) is 0 Å². The maximum Gasteiger partial charge on any atom is 0.326 e. The van der Waals surface area contributed by atoms with Crippen molar-refractivity contribution in [3.05, 3.63) is 35.9 Å². The number of carboxylic acid groups (broad SMARTS) is 1. The summed E-state index contributed by atoms with van der Waals surface area (Å²) in [6, 6.07) is 8.12. The van der Waals surface area contributed by atoms with Gasteiger partial charge < -0.3 is 15.7 Å². The van der Waals surface area contributed by atoms with Gasteiger partial charge in [-0.3, -0.25) is 9.59 Å². The second-order valence-corrected chi connectivity index (χ2v) is 6.40. The Bertz CT molecular complexity index is 549. The molecule has 1 rings (SSSR count). The van der Waals surface area contributed by atoms with Gasteiger partial charge in [0.15, 0.2) is 0 Å². The summed E-state index contributed by atoms with van der Waals surface area (Å²) in [7, 11) is 0. The molecule has 0 fully saturated rings. The topological polar surface area (TPSA) is 95.5 Å². The Morgan fingerprint density at radius 3 is 2.26 bits per heavy atom. The summed E-state index contributed by atoms with van der Waals surface area (Å²) in [6.07, 6.45) is 0.261. The molecule has 0 bridgehead atoms. The normalized spacial score (nSPS) is 12.3. The predicted molar refractivity (Wildman–Crippen MR) is 86.8 cm³/mol. The largest absolute Gasteiger partial charge is 0.480 e. The molecule has 126 valence electrons. The maximum atomic E-state index is 11.9. The van der Waals surface area contributed by atoms with Crippen LogP contribution in [0.1, 0.15) is 32.8 Å². The Hall–Kier alpha value is -2.37. The van der Waals surface area contributed by atoms with Crippen molar-refractivity contribution < 1.29 is 19.5 Å². The zero-order valence-corrected chi connectivity index (χ0v) is 13.8. The van der Waals surface area contributed by atoms with E-state index >= 15 is 0 Å². The van der Waals surface area contributed by atoms with E-state index in [9.17, 15) is 19.5 Å². The Balaban J connectivity index is 2.46. The molecule has 1 aromatic carbocycles. The second kappa shape index (κ2) is 8.31. The smallest absolute Gasteiger partial charge is 0.326 e. The fourth-order valence-corrected chi connectivity index (χ4v) is 1.87. The van der Waals surface area contributed by atoms with Crippen LogP contribution < -0.4 is 10.6 Å². The summed E-state index contributed by atoms with van der Waals surface area (Å²) in [5.41, 5.74) is 0.314. The first kappa shape index (κ1) is 18.7. The zero-order chi connectivity index (χ0) is 17.5. The first-order valence-electron chi connectivity index (χ1n) is 7.54. The minimum absolute atomic E-state index is 0.0421. The number of amides is 2. The van der Waals surface area contributed by atoms with Gasteiger partial charge in [0.25, 0.3) is 0 Å². The average Bonchev–Trinajstić information content (AvgIpc) is 2.46. The molecular formula is C17H24N2O4. The first-order valence-corrected chi connectivity index (χ1v) is 7.54. The molecule has 0 aliphatic heterocycles. The van der Waals surface area contributed by atoms with Gasteiger partial charge in [0.1, 0.15) is 6.04 Å². The number of rotatable bonds is 7. The fourth-order valence-electron chi connectivity index (χ4n) is 1.87. The highest BCUT2D eigenvalue weighted by atomic mass is 16.4. The minimum atomic E-state index is -1.08. The first-order chi connectivity index (χ1) is 10.7. The van der Waals surface area contributed by atoms with Crippen LogP contribution >= 0.6 is 0 Å². The Labute approximate surface area is 136 Å². The lowest BCUT2D eigenvalue weighted by Gasteiger charge is -2.18. The quantitative estimate of drug-likeness (QED) is 0.706. The second-order valence-electron chi connectivity index (χ2n) is 6.40. The van der Waals surface area contributed by atoms with Crippen LogP contribution in [-0.4, -0.2) is 35.5 Å². The summed E-state index contributed by atoms with van der Waals surface area (Å²) < 4.78 is 0. The van der Waals surface area contributed by atoms with Gasteiger partial charge in [-0.25, -0.2) is 4.79 Å². The molecule has 23 heavy (non-hydrogen) atoms. The van der Waals surface area contributed by atoms with Crippen LogP contribution in [0.5, 0.6) is 0 Å². The summed E-state index contributed by atoms with van der Waals surface area (Å²) in [5.74, 6) is -1.63. The van der Waals surface area contributed by atoms with Crippen molar-refractivity contribution in [3.63, 3.8) is 0 Å². The number of carbonyl (C=O) groups excluding carboxylic acids is 2. The van der Waals surface area contributed by atoms with Crippen LogP contribution in [0.2, 0.25) is 0 Å². The van der Waals surface area contributed by atoms with Crippen LogP contribution in [0.15, 0.2) is 30.3 Å². The molecule has 1 atom stereocenters. The molecule has 0 radical (unpaired) electrons. The summed E-state index contributed by atoms with van der Waals surface area (Å²) >= 11 is 0. The van der Waals surface area contributed by atoms with E-state index in [1.54, 1.807) is 20.8 Å². The minimum Gasteiger partial charge on any atom is -0.480 e. The van der Waals surface area contributed by atoms with Crippen LogP contribution in [0, 0.1) is 5.41 Å². The molecule has 2 amide bonds. The van der Waals surface area contributed by atoms with E-state index < -0.39 is 23.3 Å². The van der Waals surface area contributed by atoms with Gasteiger partial charge in [0.05, 0.1) is 0 Å². The molecule has 1 aromatic rings. The molecule has 3 N–H and O–H groups in total. The third kappa shape index (κ3) is 6.95. The van der Waals surface area contributed by atoms with Gasteiger partial charge in [-0.2, -0.15) is 0 Å². The van der Waals surface area contributed by atoms with E-state index in [4.69, 9.17) is 0 Å². The summed E-state index contributed by atoms with van der Waals surface area (Å²) in [6.45, 7) is 5.52. The van der Waals surface area contributed by atoms with Crippen LogP contribution in [0.4, 0.5) is 0 Å². The molecule has 0 aromatic heterocycles. The third-order valence-corrected chi connectivity index (χ3v) is 3.23. The lowest BCUT2D eigenvalue weighted by molar-refractivity contribution is -0.141. The standard InChI is InChI=1S/C17H24N2O4/c1-17(2,3)16(23)18-10-9-14(20)19-13(15(21)22)11-12-7-5-4-6-8-12/h4-8,13H,9-11H2,1-3H3,(H,18,23)(H,19,20)(H,21,22). The van der Waals surface area contributed by atoms with E-state index in [0.717, 1.165) is 5.56 Å². The average molecular weight is 320 g/mol. The highest BCUT2D eigenvalue weighted by Crippen LogP contribution is 2.12. The SMILES string of the molecule is CC(C)(C)C(=O)NCCC(=O)NC(Cc1ccccc1)C(=O)O. The lowest BCUT2D eigenvalue weighted by Crippen LogP contribution is -2.44. The van der Waals surface area contributed by atoms with Gasteiger partial charge in [0.2, 0.25) is 11.8 Å². The van der Waals surface area contributed by atoms with E-state index in [2.05, 4.69) is 10.6 Å².